The molecule has 0 saturated carbocycles. The number of rotatable bonds is 9. The van der Waals surface area contributed by atoms with Gasteiger partial charge in [-0.2, -0.15) is 13.2 Å². The minimum atomic E-state index is -5.19. The van der Waals surface area contributed by atoms with E-state index in [0.717, 1.165) is 16.5 Å². The van der Waals surface area contributed by atoms with Crippen LogP contribution < -0.4 is 32.2 Å². The molecule has 1 atom stereocenters. The van der Waals surface area contributed by atoms with Gasteiger partial charge in [0.1, 0.15) is 17.7 Å². The molecule has 2 aromatic carbocycles. The third kappa shape index (κ3) is 9.92. The molecule has 1 unspecified atom stereocenters. The van der Waals surface area contributed by atoms with Crippen LogP contribution in [0.1, 0.15) is 28.9 Å². The molecule has 2 amide bonds. The van der Waals surface area contributed by atoms with Crippen molar-refractivity contribution < 1.29 is 37.7 Å². The maximum Gasteiger partial charge on any atom is 0.430 e. The molecule has 0 fully saturated rings. The van der Waals surface area contributed by atoms with E-state index in [1.165, 1.54) is 0 Å². The van der Waals surface area contributed by atoms with E-state index in [1.54, 1.807) is 6.07 Å². The number of para-hydroxylation sites is 1. The van der Waals surface area contributed by atoms with Crippen molar-refractivity contribution in [2.45, 2.75) is 31.6 Å². The number of nitrogens with one attached hydrogen (secondary N) is 4. The zero-order valence-corrected chi connectivity index (χ0v) is 19.6. The van der Waals surface area contributed by atoms with Gasteiger partial charge < -0.3 is 25.5 Å². The summed E-state index contributed by atoms with van der Waals surface area (Å²) in [6, 6.07) is 18.3. The number of aromatic nitrogens is 1. The molecular formula is C24H27F3N6O4. The van der Waals surface area contributed by atoms with Crippen molar-refractivity contribution in [1.29, 1.82) is 0 Å². The van der Waals surface area contributed by atoms with E-state index in [2.05, 4.69) is 20.6 Å². The fraction of sp³-hybridized carbons (Fsp3) is 0.250. The van der Waals surface area contributed by atoms with E-state index in [4.69, 9.17) is 21.4 Å². The number of aliphatic carboxylic acids is 1. The molecule has 0 spiro atoms. The number of alkyl halides is 3. The third-order valence-corrected chi connectivity index (χ3v) is 4.94. The zero-order valence-electron chi connectivity index (χ0n) is 19.6. The molecule has 0 saturated heterocycles. The number of hydrogen-bond acceptors (Lipinski definition) is 4. The third-order valence-electron chi connectivity index (χ3n) is 4.94. The minimum absolute atomic E-state index is 0.127. The van der Waals surface area contributed by atoms with E-state index in [9.17, 15) is 22.8 Å². The quantitative estimate of drug-likeness (QED) is 0.120. The van der Waals surface area contributed by atoms with Crippen LogP contribution in [-0.4, -0.2) is 47.5 Å². The number of carbonyl (C=O) groups is 3. The van der Waals surface area contributed by atoms with E-state index in [0.29, 0.717) is 31.6 Å². The Balaban J connectivity index is 0.000000604. The number of carbonyl (C=O) groups excluding carboxylic acids is 3. The normalized spacial score (nSPS) is 11.5. The number of guanidine groups is 1. The van der Waals surface area contributed by atoms with Crippen molar-refractivity contribution in [3.8, 4) is 0 Å². The second-order valence-electron chi connectivity index (χ2n) is 7.81. The standard InChI is InChI=1S/C22H26N6O2.C2HF3O2/c23-22(24)25-12-6-11-18(20(29)26-14-15-7-2-1-3-8-15)28-21(30)19-13-16-9-4-5-10-17(16)27-19;3-2(4,5)1(6)7/h1-5,7-10,13,18,27H,6,11-12,14H2,(H,26,29)(H,28,30)(H4,23,24,25);(H,6,7). The molecule has 1 aromatic heterocycles. The predicted octanol–water partition coefficient (Wildman–Crippen LogP) is -0.984. The van der Waals surface area contributed by atoms with Gasteiger partial charge in [-0.15, -0.1) is 0 Å². The number of fused-ring (bicyclic) bond motifs is 1. The number of halogens is 3. The highest BCUT2D eigenvalue weighted by atomic mass is 19.4. The number of hydrogen-bond donors (Lipinski definition) is 6. The second kappa shape index (κ2) is 13.5. The van der Waals surface area contributed by atoms with Crippen molar-refractivity contribution in [3.05, 3.63) is 71.9 Å². The van der Waals surface area contributed by atoms with Crippen LogP contribution >= 0.6 is 0 Å². The van der Waals surface area contributed by atoms with Crippen LogP contribution in [0.25, 0.3) is 10.9 Å². The molecular weight excluding hydrogens is 493 g/mol. The Morgan fingerprint density at radius 1 is 1.03 bits per heavy atom. The van der Waals surface area contributed by atoms with Gasteiger partial charge in [-0.05, 0) is 30.5 Å². The fourth-order valence-electron chi connectivity index (χ4n) is 3.15. The summed E-state index contributed by atoms with van der Waals surface area (Å²) in [4.78, 5) is 40.2. The lowest BCUT2D eigenvalue weighted by Crippen LogP contribution is -2.78. The summed E-state index contributed by atoms with van der Waals surface area (Å²) in [6.07, 6.45) is -4.15. The van der Waals surface area contributed by atoms with Crippen molar-refractivity contribution in [2.24, 2.45) is 11.5 Å². The molecule has 0 aliphatic carbocycles. The molecule has 198 valence electrons. The van der Waals surface area contributed by atoms with Gasteiger partial charge in [0, 0.05) is 17.4 Å². The molecule has 0 aliphatic rings. The smallest absolute Gasteiger partial charge is 0.430 e. The second-order valence-corrected chi connectivity index (χ2v) is 7.81. The molecule has 3 aromatic rings. The Morgan fingerprint density at radius 2 is 1.65 bits per heavy atom. The molecule has 0 radical (unpaired) electrons. The Labute approximate surface area is 209 Å². The number of carboxylic acids is 1. The van der Waals surface area contributed by atoms with Crippen LogP contribution in [0.5, 0.6) is 0 Å². The highest BCUT2D eigenvalue weighted by Gasteiger charge is 2.28. The zero-order chi connectivity index (χ0) is 27.4. The Hall–Kier alpha value is -4.55. The van der Waals surface area contributed by atoms with Gasteiger partial charge in [0.05, 0.1) is 6.54 Å². The summed E-state index contributed by atoms with van der Waals surface area (Å²) in [5.74, 6) is -3.45. The van der Waals surface area contributed by atoms with Crippen LogP contribution in [0.4, 0.5) is 13.2 Å². The van der Waals surface area contributed by atoms with E-state index in [-0.39, 0.29) is 17.8 Å². The molecule has 13 heteroatoms. The predicted molar refractivity (Wildman–Crippen MR) is 127 cm³/mol. The average Bonchev–Trinajstić information content (AvgIpc) is 3.29. The summed E-state index contributed by atoms with van der Waals surface area (Å²) >= 11 is 0. The minimum Gasteiger partial charge on any atom is -0.542 e. The van der Waals surface area contributed by atoms with Crippen LogP contribution in [0.15, 0.2) is 60.7 Å². The average molecular weight is 521 g/mol. The van der Waals surface area contributed by atoms with Gasteiger partial charge in [-0.3, -0.25) is 26.0 Å². The summed E-state index contributed by atoms with van der Waals surface area (Å²) in [7, 11) is 0. The van der Waals surface area contributed by atoms with Gasteiger partial charge in [-0.1, -0.05) is 48.5 Å². The van der Waals surface area contributed by atoms with Crippen LogP contribution in [0.2, 0.25) is 0 Å². The Morgan fingerprint density at radius 3 is 2.24 bits per heavy atom. The number of amides is 2. The first kappa shape index (κ1) is 28.7. The highest BCUT2D eigenvalue weighted by Crippen LogP contribution is 2.15. The number of benzene rings is 2. The van der Waals surface area contributed by atoms with Crippen LogP contribution in [0.3, 0.4) is 0 Å². The molecule has 3 rings (SSSR count). The molecule has 0 aliphatic heterocycles. The SMILES string of the molecule is NC(N)=[NH+]CCCC(NC(=O)c1cc2ccccc2[nH]1)C(=O)NCc1ccccc1.O=C([O-])C(F)(F)F. The fourth-order valence-corrected chi connectivity index (χ4v) is 3.15. The molecule has 0 bridgehead atoms. The maximum absolute atomic E-state index is 12.8. The largest absolute Gasteiger partial charge is 0.542 e. The lowest BCUT2D eigenvalue weighted by atomic mass is 10.1. The molecule has 37 heavy (non-hydrogen) atoms. The van der Waals surface area contributed by atoms with Gasteiger partial charge >= 0.3 is 12.1 Å². The first-order valence-electron chi connectivity index (χ1n) is 11.1. The first-order valence-corrected chi connectivity index (χ1v) is 11.1. The van der Waals surface area contributed by atoms with Crippen molar-refractivity contribution >= 4 is 34.6 Å². The number of carboxylic acid groups (broad SMARTS) is 1. The summed E-state index contributed by atoms with van der Waals surface area (Å²) < 4.78 is 31.5. The van der Waals surface area contributed by atoms with Gasteiger partial charge in [-0.25, -0.2) is 0 Å². The number of nitrogens with two attached hydrogens (primary N) is 2. The van der Waals surface area contributed by atoms with Crippen LogP contribution in [-0.2, 0) is 16.1 Å². The molecule has 8 N–H and O–H groups in total. The van der Waals surface area contributed by atoms with Crippen molar-refractivity contribution in [1.82, 2.24) is 15.6 Å². The molecule has 1 heterocycles. The number of H-pyrrole nitrogens is 1. The number of aromatic amines is 1. The topological polar surface area (TPSA) is 180 Å². The first-order chi connectivity index (χ1) is 17.5. The Kier molecular flexibility index (Phi) is 10.5. The lowest BCUT2D eigenvalue weighted by Gasteiger charge is -2.18. The lowest BCUT2D eigenvalue weighted by molar-refractivity contribution is -0.459. The van der Waals surface area contributed by atoms with Crippen molar-refractivity contribution in [3.63, 3.8) is 0 Å². The van der Waals surface area contributed by atoms with Gasteiger partial charge in [0.15, 0.2) is 0 Å². The van der Waals surface area contributed by atoms with E-state index in [1.807, 2.05) is 54.6 Å². The van der Waals surface area contributed by atoms with E-state index < -0.39 is 18.2 Å². The van der Waals surface area contributed by atoms with Crippen molar-refractivity contribution in [2.75, 3.05) is 6.54 Å². The van der Waals surface area contributed by atoms with Crippen LogP contribution in [0, 0.1) is 0 Å². The highest BCUT2D eigenvalue weighted by molar-refractivity contribution is 6.00. The van der Waals surface area contributed by atoms with E-state index >= 15 is 0 Å². The molecule has 10 nitrogen and oxygen atoms in total. The summed E-state index contributed by atoms with van der Waals surface area (Å²) in [5.41, 5.74) is 13.1. The summed E-state index contributed by atoms with van der Waals surface area (Å²) in [6.45, 7) is 0.896. The maximum atomic E-state index is 12.8. The van der Waals surface area contributed by atoms with Gasteiger partial charge in [0.2, 0.25) is 5.91 Å². The van der Waals surface area contributed by atoms with Gasteiger partial charge in [0.25, 0.3) is 5.91 Å². The Bertz CT molecular complexity index is 1190. The summed E-state index contributed by atoms with van der Waals surface area (Å²) in [5, 5.41) is 15.5. The monoisotopic (exact) mass is 520 g/mol.